The zero-order chi connectivity index (χ0) is 21.5. The van der Waals surface area contributed by atoms with Crippen LogP contribution >= 0.6 is 0 Å². The molecule has 0 amide bonds. The highest BCUT2D eigenvalue weighted by Crippen LogP contribution is 2.31. The van der Waals surface area contributed by atoms with Crippen LogP contribution in [0, 0.1) is 0 Å². The van der Waals surface area contributed by atoms with E-state index in [0.29, 0.717) is 17.6 Å². The molecule has 0 aliphatic rings. The lowest BCUT2D eigenvalue weighted by atomic mass is 10.2. The largest absolute Gasteiger partial charge is 0.467 e. The van der Waals surface area contributed by atoms with Gasteiger partial charge >= 0.3 is 6.18 Å². The second-order valence-corrected chi connectivity index (χ2v) is 8.33. The minimum atomic E-state index is -4.58. The van der Waals surface area contributed by atoms with Crippen LogP contribution in [-0.2, 0) is 22.6 Å². The number of para-hydroxylation sites is 2. The maximum atomic E-state index is 13.3. The van der Waals surface area contributed by atoms with Gasteiger partial charge in [-0.1, -0.05) is 12.1 Å². The highest BCUT2D eigenvalue weighted by molar-refractivity contribution is 7.90. The molecule has 30 heavy (non-hydrogen) atoms. The third-order valence-corrected chi connectivity index (χ3v) is 6.31. The average molecular weight is 436 g/mol. The second-order valence-electron chi connectivity index (χ2n) is 6.54. The van der Waals surface area contributed by atoms with Gasteiger partial charge < -0.3 is 9.52 Å². The SMILES string of the molecule is O=S(=O)(c1ccc(C(F)(F)F)cc1)n1c(CC(O)c2ccco2)nc2ccccc21. The highest BCUT2D eigenvalue weighted by atomic mass is 32.2. The summed E-state index contributed by atoms with van der Waals surface area (Å²) in [5.41, 5.74) is -0.334. The molecule has 1 N–H and O–H groups in total. The number of imidazole rings is 1. The van der Waals surface area contributed by atoms with Crippen molar-refractivity contribution in [3.63, 3.8) is 0 Å². The Bertz CT molecular complexity index is 1280. The number of aliphatic hydroxyl groups excluding tert-OH is 1. The van der Waals surface area contributed by atoms with Crippen LogP contribution in [0.25, 0.3) is 11.0 Å². The fourth-order valence-corrected chi connectivity index (χ4v) is 4.62. The van der Waals surface area contributed by atoms with Crippen molar-refractivity contribution in [1.82, 2.24) is 8.96 Å². The Labute approximate surface area is 169 Å². The number of nitrogens with zero attached hydrogens (tertiary/aromatic N) is 2. The van der Waals surface area contributed by atoms with Crippen molar-refractivity contribution in [3.05, 3.63) is 84.1 Å². The fraction of sp³-hybridized carbons (Fsp3) is 0.150. The van der Waals surface area contributed by atoms with E-state index in [4.69, 9.17) is 4.42 Å². The highest BCUT2D eigenvalue weighted by Gasteiger charge is 2.32. The van der Waals surface area contributed by atoms with E-state index in [-0.39, 0.29) is 28.4 Å². The minimum Gasteiger partial charge on any atom is -0.467 e. The molecule has 10 heteroatoms. The first kappa shape index (κ1) is 20.2. The quantitative estimate of drug-likeness (QED) is 0.508. The fourth-order valence-electron chi connectivity index (χ4n) is 3.13. The van der Waals surface area contributed by atoms with Gasteiger partial charge in [0.15, 0.2) is 0 Å². The number of rotatable bonds is 5. The molecular weight excluding hydrogens is 421 g/mol. The van der Waals surface area contributed by atoms with Crippen molar-refractivity contribution in [1.29, 1.82) is 0 Å². The van der Waals surface area contributed by atoms with Crippen molar-refractivity contribution in [2.24, 2.45) is 0 Å². The first-order valence-electron chi connectivity index (χ1n) is 8.78. The summed E-state index contributed by atoms with van der Waals surface area (Å²) >= 11 is 0. The van der Waals surface area contributed by atoms with E-state index in [1.165, 1.54) is 12.3 Å². The Balaban J connectivity index is 1.82. The van der Waals surface area contributed by atoms with Crippen LogP contribution < -0.4 is 0 Å². The van der Waals surface area contributed by atoms with Gasteiger partial charge in [0.25, 0.3) is 10.0 Å². The molecule has 0 bridgehead atoms. The number of fused-ring (bicyclic) bond motifs is 1. The second kappa shape index (κ2) is 7.29. The lowest BCUT2D eigenvalue weighted by Crippen LogP contribution is -2.18. The van der Waals surface area contributed by atoms with E-state index in [1.54, 1.807) is 30.3 Å². The summed E-state index contributed by atoms with van der Waals surface area (Å²) in [6, 6.07) is 12.8. The van der Waals surface area contributed by atoms with Gasteiger partial charge in [-0.15, -0.1) is 0 Å². The summed E-state index contributed by atoms with van der Waals surface area (Å²) in [6.45, 7) is 0. The molecule has 4 aromatic rings. The standard InChI is InChI=1S/C20H15F3N2O4S/c21-20(22,23)13-7-9-14(10-8-13)30(27,28)25-16-5-2-1-4-15(16)24-19(25)12-17(26)18-6-3-11-29-18/h1-11,17,26H,12H2. The minimum absolute atomic E-state index is 0.0278. The molecule has 156 valence electrons. The van der Waals surface area contributed by atoms with Gasteiger partial charge in [-0.05, 0) is 48.5 Å². The van der Waals surface area contributed by atoms with Gasteiger partial charge in [-0.3, -0.25) is 0 Å². The van der Waals surface area contributed by atoms with Crippen LogP contribution in [-0.4, -0.2) is 22.5 Å². The lowest BCUT2D eigenvalue weighted by Gasteiger charge is -2.13. The van der Waals surface area contributed by atoms with E-state index in [9.17, 15) is 26.7 Å². The van der Waals surface area contributed by atoms with Crippen LogP contribution in [0.4, 0.5) is 13.2 Å². The summed E-state index contributed by atoms with van der Waals surface area (Å²) < 4.78 is 71.2. The third kappa shape index (κ3) is 3.59. The number of aromatic nitrogens is 2. The Morgan fingerprint density at radius 2 is 1.73 bits per heavy atom. The van der Waals surface area contributed by atoms with E-state index < -0.39 is 27.9 Å². The number of benzene rings is 2. The number of hydrogen-bond acceptors (Lipinski definition) is 5. The predicted octanol–water partition coefficient (Wildman–Crippen LogP) is 4.16. The number of hydrogen-bond donors (Lipinski definition) is 1. The van der Waals surface area contributed by atoms with Gasteiger partial charge in [0, 0.05) is 6.42 Å². The average Bonchev–Trinajstić information content (AvgIpc) is 3.35. The molecule has 4 rings (SSSR count). The van der Waals surface area contributed by atoms with E-state index >= 15 is 0 Å². The Morgan fingerprint density at radius 3 is 2.37 bits per heavy atom. The van der Waals surface area contributed by atoms with Gasteiger partial charge in [-0.25, -0.2) is 17.4 Å². The van der Waals surface area contributed by atoms with E-state index in [2.05, 4.69) is 4.98 Å². The molecule has 0 radical (unpaired) electrons. The van der Waals surface area contributed by atoms with Crippen molar-refractivity contribution in [2.75, 3.05) is 0 Å². The van der Waals surface area contributed by atoms with Crippen molar-refractivity contribution < 1.29 is 31.1 Å². The first-order chi connectivity index (χ1) is 14.2. The number of alkyl halides is 3. The Kier molecular flexibility index (Phi) is 4.91. The molecule has 6 nitrogen and oxygen atoms in total. The molecule has 2 aromatic heterocycles. The van der Waals surface area contributed by atoms with Crippen molar-refractivity contribution >= 4 is 21.1 Å². The molecular formula is C20H15F3N2O4S. The molecule has 0 aliphatic heterocycles. The van der Waals surface area contributed by atoms with Gasteiger partial charge in [0.05, 0.1) is 27.8 Å². The van der Waals surface area contributed by atoms with Crippen LogP contribution in [0.1, 0.15) is 23.3 Å². The molecule has 0 spiro atoms. The zero-order valence-corrected chi connectivity index (χ0v) is 16.1. The van der Waals surface area contributed by atoms with Crippen LogP contribution in [0.5, 0.6) is 0 Å². The molecule has 0 saturated carbocycles. The van der Waals surface area contributed by atoms with Crippen molar-refractivity contribution in [3.8, 4) is 0 Å². The maximum absolute atomic E-state index is 13.3. The molecule has 1 atom stereocenters. The maximum Gasteiger partial charge on any atom is 0.416 e. The van der Waals surface area contributed by atoms with Crippen LogP contribution in [0.3, 0.4) is 0 Å². The molecule has 0 fully saturated rings. The lowest BCUT2D eigenvalue weighted by molar-refractivity contribution is -0.137. The predicted molar refractivity (Wildman–Crippen MR) is 101 cm³/mol. The molecule has 1 unspecified atom stereocenters. The smallest absolute Gasteiger partial charge is 0.416 e. The summed E-state index contributed by atoms with van der Waals surface area (Å²) in [5.74, 6) is 0.264. The van der Waals surface area contributed by atoms with Crippen molar-refractivity contribution in [2.45, 2.75) is 23.6 Å². The number of aliphatic hydroxyl groups is 1. The van der Waals surface area contributed by atoms with E-state index in [0.717, 1.165) is 16.1 Å². The topological polar surface area (TPSA) is 85.3 Å². The summed E-state index contributed by atoms with van der Waals surface area (Å²) in [5, 5.41) is 10.4. The number of halogens is 3. The summed E-state index contributed by atoms with van der Waals surface area (Å²) in [6.07, 6.45) is -4.54. The number of furan rings is 1. The summed E-state index contributed by atoms with van der Waals surface area (Å²) in [7, 11) is -4.28. The molecule has 0 saturated heterocycles. The van der Waals surface area contributed by atoms with E-state index in [1.807, 2.05) is 0 Å². The van der Waals surface area contributed by atoms with Crippen LogP contribution in [0.15, 0.2) is 76.2 Å². The molecule has 0 aliphatic carbocycles. The molecule has 2 aromatic carbocycles. The van der Waals surface area contributed by atoms with Gasteiger partial charge in [0.2, 0.25) is 0 Å². The zero-order valence-electron chi connectivity index (χ0n) is 15.2. The van der Waals surface area contributed by atoms with Gasteiger partial charge in [-0.2, -0.15) is 13.2 Å². The Morgan fingerprint density at radius 1 is 1.03 bits per heavy atom. The van der Waals surface area contributed by atoms with Crippen LogP contribution in [0.2, 0.25) is 0 Å². The molecule has 2 heterocycles. The Hall–Kier alpha value is -3.11. The third-order valence-electron chi connectivity index (χ3n) is 4.55. The monoisotopic (exact) mass is 436 g/mol. The first-order valence-corrected chi connectivity index (χ1v) is 10.2. The summed E-state index contributed by atoms with van der Waals surface area (Å²) in [4.78, 5) is 3.99. The normalized spacial score (nSPS) is 13.6. The van der Waals surface area contributed by atoms with Gasteiger partial charge in [0.1, 0.15) is 17.7 Å².